The van der Waals surface area contributed by atoms with Gasteiger partial charge < -0.3 is 4.52 Å². The van der Waals surface area contributed by atoms with Gasteiger partial charge in [0.25, 0.3) is 0 Å². The molecule has 1 unspecified atom stereocenters. The molecule has 1 aromatic rings. The van der Waals surface area contributed by atoms with Crippen molar-refractivity contribution in [3.63, 3.8) is 0 Å². The molecular formula is C10H17NO3S. The molecule has 86 valence electrons. The van der Waals surface area contributed by atoms with Crippen LogP contribution in [0.4, 0.5) is 0 Å². The SMILES string of the molecule is CCC(C)CS(=O)(=O)Cc1cc(C)on1. The molecule has 0 amide bonds. The number of rotatable bonds is 5. The predicted octanol–water partition coefficient (Wildman–Crippen LogP) is 1.94. The quantitative estimate of drug-likeness (QED) is 0.777. The van der Waals surface area contributed by atoms with E-state index in [-0.39, 0.29) is 17.4 Å². The van der Waals surface area contributed by atoms with Crippen LogP contribution in [0.5, 0.6) is 0 Å². The summed E-state index contributed by atoms with van der Waals surface area (Å²) in [4.78, 5) is 0. The zero-order valence-electron chi connectivity index (χ0n) is 9.36. The monoisotopic (exact) mass is 231 g/mol. The van der Waals surface area contributed by atoms with Gasteiger partial charge in [0.2, 0.25) is 0 Å². The fraction of sp³-hybridized carbons (Fsp3) is 0.700. The summed E-state index contributed by atoms with van der Waals surface area (Å²) in [6.07, 6.45) is 0.872. The lowest BCUT2D eigenvalue weighted by atomic mass is 10.2. The number of aromatic nitrogens is 1. The van der Waals surface area contributed by atoms with Crippen LogP contribution in [0.2, 0.25) is 0 Å². The number of aryl methyl sites for hydroxylation is 1. The van der Waals surface area contributed by atoms with Crippen LogP contribution >= 0.6 is 0 Å². The molecule has 1 atom stereocenters. The molecule has 1 rings (SSSR count). The highest BCUT2D eigenvalue weighted by molar-refractivity contribution is 7.90. The molecule has 0 N–H and O–H groups in total. The van der Waals surface area contributed by atoms with E-state index in [0.29, 0.717) is 11.5 Å². The van der Waals surface area contributed by atoms with Gasteiger partial charge in [0.15, 0.2) is 9.84 Å². The maximum Gasteiger partial charge on any atom is 0.156 e. The summed E-state index contributed by atoms with van der Waals surface area (Å²) in [5.41, 5.74) is 0.496. The summed E-state index contributed by atoms with van der Waals surface area (Å²) in [5.74, 6) is 1.04. The molecule has 0 fully saturated rings. The van der Waals surface area contributed by atoms with Gasteiger partial charge in [0, 0.05) is 6.07 Å². The topological polar surface area (TPSA) is 60.2 Å². The Kier molecular flexibility index (Phi) is 3.90. The predicted molar refractivity (Wildman–Crippen MR) is 58.2 cm³/mol. The van der Waals surface area contributed by atoms with Gasteiger partial charge in [0.05, 0.1) is 17.2 Å². The van der Waals surface area contributed by atoms with Crippen LogP contribution in [0.1, 0.15) is 31.7 Å². The Morgan fingerprint density at radius 1 is 1.53 bits per heavy atom. The third-order valence-corrected chi connectivity index (χ3v) is 4.09. The minimum Gasteiger partial charge on any atom is -0.361 e. The van der Waals surface area contributed by atoms with Crippen LogP contribution in [0, 0.1) is 12.8 Å². The van der Waals surface area contributed by atoms with Crippen molar-refractivity contribution < 1.29 is 12.9 Å². The van der Waals surface area contributed by atoms with Crippen molar-refractivity contribution in [2.24, 2.45) is 5.92 Å². The first-order valence-corrected chi connectivity index (χ1v) is 6.87. The highest BCUT2D eigenvalue weighted by Crippen LogP contribution is 2.11. The number of nitrogens with zero attached hydrogens (tertiary/aromatic N) is 1. The number of hydrogen-bond donors (Lipinski definition) is 0. The van der Waals surface area contributed by atoms with Crippen LogP contribution in [0.3, 0.4) is 0 Å². The molecule has 5 heteroatoms. The maximum atomic E-state index is 11.7. The zero-order valence-corrected chi connectivity index (χ0v) is 10.2. The Bertz CT molecular complexity index is 408. The first-order valence-electron chi connectivity index (χ1n) is 5.05. The van der Waals surface area contributed by atoms with E-state index in [9.17, 15) is 8.42 Å². The van der Waals surface area contributed by atoms with Crippen LogP contribution in [0.25, 0.3) is 0 Å². The molecule has 0 saturated carbocycles. The molecular weight excluding hydrogens is 214 g/mol. The van der Waals surface area contributed by atoms with Crippen molar-refractivity contribution in [2.75, 3.05) is 5.75 Å². The highest BCUT2D eigenvalue weighted by atomic mass is 32.2. The van der Waals surface area contributed by atoms with E-state index >= 15 is 0 Å². The standard InChI is InChI=1S/C10H17NO3S/c1-4-8(2)6-15(12,13)7-10-5-9(3)14-11-10/h5,8H,4,6-7H2,1-3H3. The number of sulfone groups is 1. The van der Waals surface area contributed by atoms with E-state index in [0.717, 1.165) is 6.42 Å². The fourth-order valence-corrected chi connectivity index (χ4v) is 3.13. The molecule has 0 aliphatic rings. The summed E-state index contributed by atoms with van der Waals surface area (Å²) in [7, 11) is -3.06. The fourth-order valence-electron chi connectivity index (χ4n) is 1.32. The van der Waals surface area contributed by atoms with E-state index in [4.69, 9.17) is 4.52 Å². The second-order valence-corrected chi connectivity index (χ2v) is 6.11. The summed E-state index contributed by atoms with van der Waals surface area (Å²) in [5, 5.41) is 3.68. The third kappa shape index (κ3) is 4.03. The number of hydrogen-bond acceptors (Lipinski definition) is 4. The van der Waals surface area contributed by atoms with Crippen LogP contribution in [0.15, 0.2) is 10.6 Å². The normalized spacial score (nSPS) is 14.1. The molecule has 0 radical (unpaired) electrons. The second-order valence-electron chi connectivity index (χ2n) is 4.00. The Morgan fingerprint density at radius 2 is 2.20 bits per heavy atom. The van der Waals surface area contributed by atoms with Crippen molar-refractivity contribution in [1.82, 2.24) is 5.16 Å². The lowest BCUT2D eigenvalue weighted by Crippen LogP contribution is -2.15. The lowest BCUT2D eigenvalue weighted by Gasteiger charge is -2.07. The average molecular weight is 231 g/mol. The van der Waals surface area contributed by atoms with Gasteiger partial charge in [-0.1, -0.05) is 25.4 Å². The Morgan fingerprint density at radius 3 is 2.67 bits per heavy atom. The molecule has 0 aromatic carbocycles. The smallest absolute Gasteiger partial charge is 0.156 e. The first kappa shape index (κ1) is 12.2. The van der Waals surface area contributed by atoms with Gasteiger partial charge in [-0.25, -0.2) is 8.42 Å². The van der Waals surface area contributed by atoms with Gasteiger partial charge in [-0.15, -0.1) is 0 Å². The zero-order chi connectivity index (χ0) is 11.5. The molecule has 0 saturated heterocycles. The molecule has 0 aliphatic heterocycles. The van der Waals surface area contributed by atoms with Crippen molar-refractivity contribution in [1.29, 1.82) is 0 Å². The van der Waals surface area contributed by atoms with Crippen molar-refractivity contribution in [3.05, 3.63) is 17.5 Å². The molecule has 0 aliphatic carbocycles. The van der Waals surface area contributed by atoms with Gasteiger partial charge in [-0.2, -0.15) is 0 Å². The Labute approximate surface area is 90.6 Å². The minimum atomic E-state index is -3.06. The molecule has 0 bridgehead atoms. The summed E-state index contributed by atoms with van der Waals surface area (Å²) in [6.45, 7) is 5.67. The summed E-state index contributed by atoms with van der Waals surface area (Å²) < 4.78 is 28.2. The van der Waals surface area contributed by atoms with Gasteiger partial charge >= 0.3 is 0 Å². The minimum absolute atomic E-state index is 0.0192. The lowest BCUT2D eigenvalue weighted by molar-refractivity contribution is 0.392. The van der Waals surface area contributed by atoms with E-state index in [2.05, 4.69) is 5.16 Å². The molecule has 15 heavy (non-hydrogen) atoms. The van der Waals surface area contributed by atoms with Crippen LogP contribution in [-0.4, -0.2) is 19.3 Å². The van der Waals surface area contributed by atoms with Crippen molar-refractivity contribution >= 4 is 9.84 Å². The van der Waals surface area contributed by atoms with Gasteiger partial charge in [-0.05, 0) is 12.8 Å². The molecule has 0 spiro atoms. The average Bonchev–Trinajstić information content (AvgIpc) is 2.49. The largest absolute Gasteiger partial charge is 0.361 e. The summed E-state index contributed by atoms with van der Waals surface area (Å²) >= 11 is 0. The van der Waals surface area contributed by atoms with E-state index in [1.807, 2.05) is 13.8 Å². The van der Waals surface area contributed by atoms with Crippen LogP contribution in [-0.2, 0) is 15.6 Å². The van der Waals surface area contributed by atoms with Crippen molar-refractivity contribution in [2.45, 2.75) is 32.9 Å². The molecule has 1 heterocycles. The van der Waals surface area contributed by atoms with Crippen LogP contribution < -0.4 is 0 Å². The van der Waals surface area contributed by atoms with Gasteiger partial charge in [-0.3, -0.25) is 0 Å². The van der Waals surface area contributed by atoms with Gasteiger partial charge in [0.1, 0.15) is 5.76 Å². The summed E-state index contributed by atoms with van der Waals surface area (Å²) in [6, 6.07) is 1.66. The second kappa shape index (κ2) is 4.79. The maximum absolute atomic E-state index is 11.7. The highest BCUT2D eigenvalue weighted by Gasteiger charge is 2.17. The molecule has 4 nitrogen and oxygen atoms in total. The Balaban J connectivity index is 2.64. The van der Waals surface area contributed by atoms with E-state index < -0.39 is 9.84 Å². The Hall–Kier alpha value is -0.840. The first-order chi connectivity index (χ1) is 6.93. The third-order valence-electron chi connectivity index (χ3n) is 2.28. The van der Waals surface area contributed by atoms with E-state index in [1.165, 1.54) is 0 Å². The van der Waals surface area contributed by atoms with Crippen molar-refractivity contribution in [3.8, 4) is 0 Å². The van der Waals surface area contributed by atoms with E-state index in [1.54, 1.807) is 13.0 Å². The molecule has 1 aromatic heterocycles.